The molecule has 0 unspecified atom stereocenters. The fourth-order valence-electron chi connectivity index (χ4n) is 0.926. The highest BCUT2D eigenvalue weighted by Crippen LogP contribution is 2.06. The van der Waals surface area contributed by atoms with Crippen molar-refractivity contribution in [2.24, 2.45) is 5.84 Å². The Morgan fingerprint density at radius 1 is 1.38 bits per heavy atom. The summed E-state index contributed by atoms with van der Waals surface area (Å²) in [5.41, 5.74) is 0. The third-order valence-corrected chi connectivity index (χ3v) is 1.76. The van der Waals surface area contributed by atoms with Crippen LogP contribution in [0.15, 0.2) is 30.3 Å². The van der Waals surface area contributed by atoms with Crippen LogP contribution in [0.1, 0.15) is 6.92 Å². The molecule has 0 atom stereocenters. The van der Waals surface area contributed by atoms with Gasteiger partial charge in [0.15, 0.2) is 6.73 Å². The molecule has 1 aromatic rings. The number of urea groups is 1. The van der Waals surface area contributed by atoms with Gasteiger partial charge in [0.05, 0.1) is 0 Å². The molecule has 0 aliphatic rings. The summed E-state index contributed by atoms with van der Waals surface area (Å²) in [4.78, 5) is 21.9. The largest absolute Gasteiger partial charge is 0.473 e. The summed E-state index contributed by atoms with van der Waals surface area (Å²) >= 11 is 0. The monoisotopic (exact) mass is 223 g/mol. The van der Waals surface area contributed by atoms with Crippen molar-refractivity contribution in [1.82, 2.24) is 10.3 Å². The second-order valence-electron chi connectivity index (χ2n) is 2.97. The lowest BCUT2D eigenvalue weighted by Gasteiger charge is -2.13. The molecule has 0 aliphatic carbocycles. The van der Waals surface area contributed by atoms with Crippen LogP contribution in [0.4, 0.5) is 4.79 Å². The number of hydrogen-bond acceptors (Lipinski definition) is 4. The molecule has 86 valence electrons. The van der Waals surface area contributed by atoms with Crippen LogP contribution in [0.2, 0.25) is 0 Å². The molecule has 0 aromatic heterocycles. The van der Waals surface area contributed by atoms with Crippen molar-refractivity contribution in [2.75, 3.05) is 6.73 Å². The van der Waals surface area contributed by atoms with Crippen molar-refractivity contribution in [2.45, 2.75) is 6.92 Å². The van der Waals surface area contributed by atoms with Crippen LogP contribution in [0.5, 0.6) is 5.75 Å². The van der Waals surface area contributed by atoms with Crippen molar-refractivity contribution in [3.8, 4) is 5.75 Å². The van der Waals surface area contributed by atoms with Crippen molar-refractivity contribution in [1.29, 1.82) is 0 Å². The van der Waals surface area contributed by atoms with Crippen LogP contribution in [0, 0.1) is 0 Å². The van der Waals surface area contributed by atoms with Crippen molar-refractivity contribution >= 4 is 11.9 Å². The smallest absolute Gasteiger partial charge is 0.341 e. The van der Waals surface area contributed by atoms with Gasteiger partial charge in [0, 0.05) is 6.92 Å². The first kappa shape index (κ1) is 12.0. The van der Waals surface area contributed by atoms with Crippen LogP contribution < -0.4 is 15.9 Å². The molecule has 1 aromatic carbocycles. The summed E-state index contributed by atoms with van der Waals surface area (Å²) < 4.78 is 5.18. The number of benzene rings is 1. The topological polar surface area (TPSA) is 84.7 Å². The maximum Gasteiger partial charge on any atom is 0.341 e. The van der Waals surface area contributed by atoms with Gasteiger partial charge in [-0.25, -0.2) is 10.6 Å². The summed E-state index contributed by atoms with van der Waals surface area (Å²) in [5, 5.41) is 2.81. The maximum absolute atomic E-state index is 11.2. The van der Waals surface area contributed by atoms with E-state index in [0.29, 0.717) is 10.8 Å². The van der Waals surface area contributed by atoms with E-state index in [4.69, 9.17) is 10.6 Å². The quantitative estimate of drug-likeness (QED) is 0.337. The Kier molecular flexibility index (Phi) is 4.28. The average molecular weight is 223 g/mol. The molecule has 3 amide bonds. The van der Waals surface area contributed by atoms with E-state index in [2.05, 4.69) is 5.32 Å². The van der Waals surface area contributed by atoms with Gasteiger partial charge in [-0.3, -0.25) is 4.79 Å². The summed E-state index contributed by atoms with van der Waals surface area (Å²) in [7, 11) is 0. The van der Waals surface area contributed by atoms with Gasteiger partial charge in [0.25, 0.3) is 0 Å². The third kappa shape index (κ3) is 3.58. The zero-order valence-corrected chi connectivity index (χ0v) is 8.84. The first-order valence-corrected chi connectivity index (χ1v) is 4.62. The second-order valence-corrected chi connectivity index (χ2v) is 2.97. The lowest BCUT2D eigenvalue weighted by molar-refractivity contribution is -0.126. The number of rotatable bonds is 3. The highest BCUT2D eigenvalue weighted by atomic mass is 16.5. The number of hydrogen-bond donors (Lipinski definition) is 2. The molecule has 0 bridgehead atoms. The number of imide groups is 1. The normalized spacial score (nSPS) is 9.38. The van der Waals surface area contributed by atoms with Gasteiger partial charge < -0.3 is 10.1 Å². The van der Waals surface area contributed by atoms with E-state index in [1.165, 1.54) is 6.92 Å². The van der Waals surface area contributed by atoms with Gasteiger partial charge in [-0.15, -0.1) is 0 Å². The number of ether oxygens (including phenoxy) is 1. The van der Waals surface area contributed by atoms with Crippen LogP contribution in [0.25, 0.3) is 0 Å². The Morgan fingerprint density at radius 3 is 2.56 bits per heavy atom. The van der Waals surface area contributed by atoms with Gasteiger partial charge in [0.1, 0.15) is 5.75 Å². The third-order valence-electron chi connectivity index (χ3n) is 1.76. The molecule has 0 fully saturated rings. The minimum atomic E-state index is -0.705. The molecule has 6 nitrogen and oxygen atoms in total. The van der Waals surface area contributed by atoms with E-state index >= 15 is 0 Å². The molecule has 0 heterocycles. The molecule has 0 saturated carbocycles. The number of amides is 3. The van der Waals surface area contributed by atoms with Crippen LogP contribution in [-0.2, 0) is 4.79 Å². The van der Waals surface area contributed by atoms with E-state index in [0.717, 1.165) is 0 Å². The Hall–Kier alpha value is -2.08. The van der Waals surface area contributed by atoms with Gasteiger partial charge in [-0.2, -0.15) is 5.01 Å². The van der Waals surface area contributed by atoms with E-state index in [-0.39, 0.29) is 6.73 Å². The predicted molar refractivity (Wildman–Crippen MR) is 57.2 cm³/mol. The predicted octanol–water partition coefficient (Wildman–Crippen LogP) is 0.455. The van der Waals surface area contributed by atoms with Crippen molar-refractivity contribution < 1.29 is 14.3 Å². The van der Waals surface area contributed by atoms with Gasteiger partial charge in [-0.1, -0.05) is 18.2 Å². The molecule has 0 aliphatic heterocycles. The number of nitrogens with zero attached hydrogens (tertiary/aromatic N) is 1. The molecule has 0 saturated heterocycles. The van der Waals surface area contributed by atoms with Crippen LogP contribution in [-0.4, -0.2) is 23.7 Å². The zero-order chi connectivity index (χ0) is 12.0. The SMILES string of the molecule is CC(=O)N(N)C(=O)NCOc1ccccc1. The standard InChI is InChI=1S/C10H13N3O3/c1-8(14)13(11)10(15)12-7-16-9-5-3-2-4-6-9/h2-6H,7,11H2,1H3,(H,12,15). The fraction of sp³-hybridized carbons (Fsp3) is 0.200. The van der Waals surface area contributed by atoms with E-state index < -0.39 is 11.9 Å². The summed E-state index contributed by atoms with van der Waals surface area (Å²) in [6.45, 7) is 1.14. The van der Waals surface area contributed by atoms with Crippen molar-refractivity contribution in [3.63, 3.8) is 0 Å². The number of hydrazine groups is 1. The van der Waals surface area contributed by atoms with E-state index in [1.807, 2.05) is 18.2 Å². The number of nitrogens with one attached hydrogen (secondary N) is 1. The Morgan fingerprint density at radius 2 is 2.00 bits per heavy atom. The lowest BCUT2D eigenvalue weighted by atomic mass is 10.3. The molecular formula is C10H13N3O3. The molecule has 3 N–H and O–H groups in total. The first-order valence-electron chi connectivity index (χ1n) is 4.62. The minimum absolute atomic E-state index is 0.0518. The van der Waals surface area contributed by atoms with Gasteiger partial charge >= 0.3 is 6.03 Å². The Labute approximate surface area is 92.9 Å². The summed E-state index contributed by atoms with van der Waals surface area (Å²) in [5.74, 6) is 5.23. The van der Waals surface area contributed by atoms with E-state index in [1.54, 1.807) is 12.1 Å². The number of nitrogens with two attached hydrogens (primary N) is 1. The summed E-state index contributed by atoms with van der Waals surface area (Å²) in [6, 6.07) is 8.25. The molecule has 16 heavy (non-hydrogen) atoms. The zero-order valence-electron chi connectivity index (χ0n) is 8.84. The number of carbonyl (C=O) groups excluding carboxylic acids is 2. The van der Waals surface area contributed by atoms with Gasteiger partial charge in [-0.05, 0) is 12.1 Å². The van der Waals surface area contributed by atoms with E-state index in [9.17, 15) is 9.59 Å². The van der Waals surface area contributed by atoms with Crippen LogP contribution >= 0.6 is 0 Å². The second kappa shape index (κ2) is 5.72. The first-order chi connectivity index (χ1) is 7.61. The molecule has 0 spiro atoms. The lowest BCUT2D eigenvalue weighted by Crippen LogP contribution is -2.48. The molecule has 1 rings (SSSR count). The van der Waals surface area contributed by atoms with Crippen molar-refractivity contribution in [3.05, 3.63) is 30.3 Å². The Balaban J connectivity index is 2.31. The molecule has 0 radical (unpaired) electrons. The molecular weight excluding hydrogens is 210 g/mol. The van der Waals surface area contributed by atoms with Gasteiger partial charge in [0.2, 0.25) is 5.91 Å². The average Bonchev–Trinajstić information content (AvgIpc) is 2.29. The number of para-hydroxylation sites is 1. The van der Waals surface area contributed by atoms with Crippen LogP contribution in [0.3, 0.4) is 0 Å². The number of carbonyl (C=O) groups is 2. The fourth-order valence-corrected chi connectivity index (χ4v) is 0.926. The highest BCUT2D eigenvalue weighted by molar-refractivity contribution is 5.92. The summed E-state index contributed by atoms with van der Waals surface area (Å²) in [6.07, 6.45) is 0. The Bertz CT molecular complexity index is 367. The minimum Gasteiger partial charge on any atom is -0.473 e. The maximum atomic E-state index is 11.2. The highest BCUT2D eigenvalue weighted by Gasteiger charge is 2.12. The molecule has 6 heteroatoms.